The molecule has 0 N–H and O–H groups in total. The van der Waals surface area contributed by atoms with E-state index in [4.69, 9.17) is 0 Å². The average molecular weight is 371 g/mol. The van der Waals surface area contributed by atoms with Gasteiger partial charge in [-0.3, -0.25) is 9.59 Å². The highest BCUT2D eigenvalue weighted by Crippen LogP contribution is 2.27. The van der Waals surface area contributed by atoms with Crippen LogP contribution in [0, 0.1) is 5.92 Å². The normalized spacial score (nSPS) is 15.0. The van der Waals surface area contributed by atoms with Crippen LogP contribution in [0.15, 0.2) is 24.3 Å². The molecule has 1 saturated carbocycles. The summed E-state index contributed by atoms with van der Waals surface area (Å²) in [5, 5.41) is 0. The first kappa shape index (κ1) is 21.9. The Morgan fingerprint density at radius 1 is 0.852 bits per heavy atom. The molecule has 1 aromatic carbocycles. The fourth-order valence-electron chi connectivity index (χ4n) is 4.21. The van der Waals surface area contributed by atoms with Crippen molar-refractivity contribution in [3.05, 3.63) is 35.4 Å². The Hall–Kier alpha value is -1.44. The molecule has 1 aliphatic carbocycles. The lowest BCUT2D eigenvalue weighted by Gasteiger charge is -2.20. The predicted molar refractivity (Wildman–Crippen MR) is 113 cm³/mol. The topological polar surface area (TPSA) is 34.1 Å². The number of unbranched alkanes of at least 4 members (excludes halogenated alkanes) is 6. The number of carbonyl (C=O) groups excluding carboxylic acids is 2. The largest absolute Gasteiger partial charge is 0.299 e. The van der Waals surface area contributed by atoms with Gasteiger partial charge in [0.05, 0.1) is 6.42 Å². The van der Waals surface area contributed by atoms with Crippen molar-refractivity contribution in [2.24, 2.45) is 5.92 Å². The number of aryl methyl sites for hydroxylation is 1. The predicted octanol–water partition coefficient (Wildman–Crippen LogP) is 7.09. The molecule has 2 heteroatoms. The zero-order valence-electron chi connectivity index (χ0n) is 17.3. The Kier molecular flexibility index (Phi) is 10.4. The Labute approximate surface area is 166 Å². The summed E-state index contributed by atoms with van der Waals surface area (Å²) in [7, 11) is 0. The van der Waals surface area contributed by atoms with Crippen molar-refractivity contribution in [3.63, 3.8) is 0 Å². The van der Waals surface area contributed by atoms with Gasteiger partial charge >= 0.3 is 0 Å². The first-order valence-corrected chi connectivity index (χ1v) is 11.3. The Bertz CT molecular complexity index is 552. The smallest absolute Gasteiger partial charge is 0.170 e. The third-order valence-corrected chi connectivity index (χ3v) is 5.94. The van der Waals surface area contributed by atoms with Crippen LogP contribution in [0.3, 0.4) is 0 Å². The molecule has 2 nitrogen and oxygen atoms in total. The first-order chi connectivity index (χ1) is 13.2. The molecule has 150 valence electrons. The summed E-state index contributed by atoms with van der Waals surface area (Å²) in [5.74, 6) is 0.626. The Balaban J connectivity index is 1.65. The molecule has 0 saturated heterocycles. The van der Waals surface area contributed by atoms with E-state index in [1.54, 1.807) is 0 Å². The van der Waals surface area contributed by atoms with Crippen LogP contribution in [-0.4, -0.2) is 11.6 Å². The lowest BCUT2D eigenvalue weighted by Crippen LogP contribution is -2.15. The molecule has 1 fully saturated rings. The molecule has 0 unspecified atom stereocenters. The minimum atomic E-state index is -0.0155. The standard InChI is InChI=1S/C25H38O2/c1-2-3-4-5-6-7-9-12-21-15-17-23(18-16-21)25(27)20-24(26)19-22-13-10-8-11-14-22/h15-18,22H,2-14,19-20H2,1H3. The number of ketones is 2. The molecule has 0 amide bonds. The SMILES string of the molecule is CCCCCCCCCc1ccc(C(=O)CC(=O)CC2CCCCC2)cc1. The molecular formula is C25H38O2. The second kappa shape index (κ2) is 12.9. The third kappa shape index (κ3) is 8.86. The summed E-state index contributed by atoms with van der Waals surface area (Å²) in [6.07, 6.45) is 17.1. The van der Waals surface area contributed by atoms with Crippen LogP contribution in [0.2, 0.25) is 0 Å². The van der Waals surface area contributed by atoms with Gasteiger partial charge in [-0.2, -0.15) is 0 Å². The van der Waals surface area contributed by atoms with Crippen molar-refractivity contribution in [2.75, 3.05) is 0 Å². The van der Waals surface area contributed by atoms with Crippen LogP contribution in [-0.2, 0) is 11.2 Å². The van der Waals surface area contributed by atoms with Crippen molar-refractivity contribution in [1.29, 1.82) is 0 Å². The van der Waals surface area contributed by atoms with E-state index in [0.29, 0.717) is 17.9 Å². The number of carbonyl (C=O) groups is 2. The van der Waals surface area contributed by atoms with Crippen LogP contribution in [0.25, 0.3) is 0 Å². The second-order valence-corrected chi connectivity index (χ2v) is 8.42. The summed E-state index contributed by atoms with van der Waals surface area (Å²) in [5.41, 5.74) is 1.99. The van der Waals surface area contributed by atoms with Gasteiger partial charge in [-0.15, -0.1) is 0 Å². The van der Waals surface area contributed by atoms with Gasteiger partial charge in [0.2, 0.25) is 0 Å². The molecule has 0 heterocycles. The second-order valence-electron chi connectivity index (χ2n) is 8.42. The maximum absolute atomic E-state index is 12.4. The molecule has 0 aliphatic heterocycles. The van der Waals surface area contributed by atoms with Crippen molar-refractivity contribution < 1.29 is 9.59 Å². The monoisotopic (exact) mass is 370 g/mol. The van der Waals surface area contributed by atoms with E-state index >= 15 is 0 Å². The van der Waals surface area contributed by atoms with Crippen LogP contribution < -0.4 is 0 Å². The molecule has 27 heavy (non-hydrogen) atoms. The number of hydrogen-bond acceptors (Lipinski definition) is 2. The molecule has 1 aliphatic rings. The van der Waals surface area contributed by atoms with Gasteiger partial charge in [0, 0.05) is 12.0 Å². The van der Waals surface area contributed by atoms with E-state index in [9.17, 15) is 9.59 Å². The van der Waals surface area contributed by atoms with Gasteiger partial charge in [-0.25, -0.2) is 0 Å². The van der Waals surface area contributed by atoms with Crippen LogP contribution in [0.4, 0.5) is 0 Å². The van der Waals surface area contributed by atoms with Gasteiger partial charge < -0.3 is 0 Å². The molecule has 0 bridgehead atoms. The minimum Gasteiger partial charge on any atom is -0.299 e. The molecule has 0 atom stereocenters. The van der Waals surface area contributed by atoms with Crippen molar-refractivity contribution in [3.8, 4) is 0 Å². The van der Waals surface area contributed by atoms with Crippen LogP contribution >= 0.6 is 0 Å². The highest BCUT2D eigenvalue weighted by Gasteiger charge is 2.19. The van der Waals surface area contributed by atoms with Gasteiger partial charge in [-0.1, -0.05) is 102 Å². The summed E-state index contributed by atoms with van der Waals surface area (Å²) in [6.45, 7) is 2.25. The Morgan fingerprint density at radius 3 is 2.15 bits per heavy atom. The lowest BCUT2D eigenvalue weighted by atomic mass is 9.85. The van der Waals surface area contributed by atoms with Crippen molar-refractivity contribution in [2.45, 2.75) is 103 Å². The van der Waals surface area contributed by atoms with E-state index in [-0.39, 0.29) is 18.0 Å². The summed E-state index contributed by atoms with van der Waals surface area (Å²) >= 11 is 0. The van der Waals surface area contributed by atoms with E-state index in [0.717, 1.165) is 19.3 Å². The van der Waals surface area contributed by atoms with Gasteiger partial charge in [0.1, 0.15) is 5.78 Å². The highest BCUT2D eigenvalue weighted by molar-refractivity contribution is 6.07. The van der Waals surface area contributed by atoms with Gasteiger partial charge in [0.25, 0.3) is 0 Å². The molecule has 1 aromatic rings. The van der Waals surface area contributed by atoms with Crippen LogP contribution in [0.1, 0.15) is 113 Å². The van der Waals surface area contributed by atoms with Crippen molar-refractivity contribution >= 4 is 11.6 Å². The van der Waals surface area contributed by atoms with E-state index < -0.39 is 0 Å². The molecule has 0 spiro atoms. The zero-order chi connectivity index (χ0) is 19.3. The van der Waals surface area contributed by atoms with E-state index in [1.807, 2.05) is 12.1 Å². The van der Waals surface area contributed by atoms with E-state index in [1.165, 1.54) is 69.8 Å². The summed E-state index contributed by atoms with van der Waals surface area (Å²) < 4.78 is 0. The highest BCUT2D eigenvalue weighted by atomic mass is 16.1. The van der Waals surface area contributed by atoms with Crippen molar-refractivity contribution in [1.82, 2.24) is 0 Å². The number of benzene rings is 1. The maximum atomic E-state index is 12.4. The quantitative estimate of drug-likeness (QED) is 0.211. The molecular weight excluding hydrogens is 332 g/mol. The number of hydrogen-bond donors (Lipinski definition) is 0. The molecule has 2 rings (SSSR count). The van der Waals surface area contributed by atoms with Gasteiger partial charge in [-0.05, 0) is 24.3 Å². The third-order valence-electron chi connectivity index (χ3n) is 5.94. The summed E-state index contributed by atoms with van der Waals surface area (Å²) in [6, 6.07) is 7.95. The van der Waals surface area contributed by atoms with Gasteiger partial charge in [0.15, 0.2) is 5.78 Å². The Morgan fingerprint density at radius 2 is 1.48 bits per heavy atom. The summed E-state index contributed by atoms with van der Waals surface area (Å²) in [4.78, 5) is 24.6. The average Bonchev–Trinajstić information content (AvgIpc) is 2.68. The molecule has 0 aromatic heterocycles. The molecule has 0 radical (unpaired) electrons. The lowest BCUT2D eigenvalue weighted by molar-refractivity contribution is -0.119. The fraction of sp³-hybridized carbons (Fsp3) is 0.680. The fourth-order valence-corrected chi connectivity index (χ4v) is 4.21. The first-order valence-electron chi connectivity index (χ1n) is 11.3. The number of rotatable bonds is 13. The number of Topliss-reactive ketones (excluding diaryl/α,β-unsaturated/α-hetero) is 2. The van der Waals surface area contributed by atoms with Crippen LogP contribution in [0.5, 0.6) is 0 Å². The minimum absolute atomic E-state index is 0.0155. The van der Waals surface area contributed by atoms with E-state index in [2.05, 4.69) is 19.1 Å². The maximum Gasteiger partial charge on any atom is 0.170 e. The zero-order valence-corrected chi connectivity index (χ0v) is 17.3.